The Morgan fingerprint density at radius 3 is 2.43 bits per heavy atom. The fourth-order valence-electron chi connectivity index (χ4n) is 3.82. The van der Waals surface area contributed by atoms with Crippen molar-refractivity contribution in [2.75, 3.05) is 0 Å². The number of hydrogen-bond acceptors (Lipinski definition) is 3. The second kappa shape index (κ2) is 7.75. The monoisotopic (exact) mass is 396 g/mol. The summed E-state index contributed by atoms with van der Waals surface area (Å²) in [6.07, 6.45) is 2.98. The maximum atomic E-state index is 13.3. The van der Waals surface area contributed by atoms with Crippen LogP contribution >= 0.6 is 0 Å². The maximum absolute atomic E-state index is 13.3. The summed E-state index contributed by atoms with van der Waals surface area (Å²) in [4.78, 5) is 18.1. The van der Waals surface area contributed by atoms with Gasteiger partial charge in [-0.2, -0.15) is 5.10 Å². The van der Waals surface area contributed by atoms with Crippen LogP contribution in [0.15, 0.2) is 66.7 Å². The first-order valence-corrected chi connectivity index (χ1v) is 10.5. The normalized spacial score (nSPS) is 13.5. The lowest BCUT2D eigenvalue weighted by Crippen LogP contribution is -2.23. The lowest BCUT2D eigenvalue weighted by Gasteiger charge is -2.10. The number of aryl methyl sites for hydroxylation is 1. The fraction of sp³-hybridized carbons (Fsp3) is 0.240. The van der Waals surface area contributed by atoms with Gasteiger partial charge in [-0.1, -0.05) is 55.5 Å². The molecule has 5 nitrogen and oxygen atoms in total. The summed E-state index contributed by atoms with van der Waals surface area (Å²) >= 11 is 0. The third-order valence-electron chi connectivity index (χ3n) is 5.59. The van der Waals surface area contributed by atoms with Crippen molar-refractivity contribution < 1.29 is 4.79 Å². The first kappa shape index (κ1) is 18.6. The minimum Gasteiger partial charge on any atom is -0.348 e. The Kier molecular flexibility index (Phi) is 4.79. The molecule has 1 amide bonds. The van der Waals surface area contributed by atoms with Gasteiger partial charge >= 0.3 is 0 Å². The highest BCUT2D eigenvalue weighted by molar-refractivity contribution is 6.07. The van der Waals surface area contributed by atoms with Crippen molar-refractivity contribution in [1.29, 1.82) is 0 Å². The Bertz CT molecular complexity index is 1190. The van der Waals surface area contributed by atoms with Crippen molar-refractivity contribution in [3.05, 3.63) is 89.2 Å². The molecule has 0 aliphatic heterocycles. The molecule has 0 radical (unpaired) electrons. The van der Waals surface area contributed by atoms with Crippen molar-refractivity contribution in [2.45, 2.75) is 38.6 Å². The van der Waals surface area contributed by atoms with E-state index in [1.807, 2.05) is 71.4 Å². The number of benzene rings is 2. The van der Waals surface area contributed by atoms with E-state index in [9.17, 15) is 4.79 Å². The zero-order valence-corrected chi connectivity index (χ0v) is 17.0. The standard InChI is InChI=1S/C25H24N4O/c1-2-19-15-21(25(30)26-16-17-9-5-3-6-10-17)22-23(18-13-14-18)28-29(24(22)27-19)20-11-7-4-8-12-20/h3-12,15,18H,2,13-14,16H2,1H3,(H,26,30). The van der Waals surface area contributed by atoms with E-state index < -0.39 is 0 Å². The summed E-state index contributed by atoms with van der Waals surface area (Å²) in [5.74, 6) is 0.336. The van der Waals surface area contributed by atoms with Gasteiger partial charge in [0.25, 0.3) is 5.91 Å². The quantitative estimate of drug-likeness (QED) is 0.510. The molecule has 0 spiro atoms. The summed E-state index contributed by atoms with van der Waals surface area (Å²) in [6, 6.07) is 21.9. The molecule has 0 saturated heterocycles. The van der Waals surface area contributed by atoms with Crippen LogP contribution in [0, 0.1) is 0 Å². The molecule has 0 atom stereocenters. The molecule has 0 unspecified atom stereocenters. The Morgan fingerprint density at radius 2 is 1.77 bits per heavy atom. The summed E-state index contributed by atoms with van der Waals surface area (Å²) in [5.41, 5.74) is 5.38. The molecule has 1 fully saturated rings. The van der Waals surface area contributed by atoms with Crippen LogP contribution in [0.4, 0.5) is 0 Å². The molecule has 4 aromatic rings. The van der Waals surface area contributed by atoms with Gasteiger partial charge in [0.05, 0.1) is 22.3 Å². The van der Waals surface area contributed by atoms with Crippen molar-refractivity contribution in [2.24, 2.45) is 0 Å². The molecular formula is C25H24N4O. The first-order valence-electron chi connectivity index (χ1n) is 10.5. The van der Waals surface area contributed by atoms with E-state index in [1.165, 1.54) is 0 Å². The number of hydrogen-bond donors (Lipinski definition) is 1. The maximum Gasteiger partial charge on any atom is 0.252 e. The van der Waals surface area contributed by atoms with Crippen LogP contribution in [0.1, 0.15) is 53.0 Å². The van der Waals surface area contributed by atoms with Crippen molar-refractivity contribution in [3.63, 3.8) is 0 Å². The smallest absolute Gasteiger partial charge is 0.252 e. The van der Waals surface area contributed by atoms with Crippen LogP contribution in [0.25, 0.3) is 16.7 Å². The van der Waals surface area contributed by atoms with Crippen molar-refractivity contribution in [3.8, 4) is 5.69 Å². The molecule has 2 aromatic carbocycles. The van der Waals surface area contributed by atoms with E-state index in [0.29, 0.717) is 18.0 Å². The minimum atomic E-state index is -0.0736. The molecule has 1 aliphatic carbocycles. The number of nitrogens with zero attached hydrogens (tertiary/aromatic N) is 3. The van der Waals surface area contributed by atoms with E-state index in [4.69, 9.17) is 10.1 Å². The molecule has 1 aliphatic rings. The Labute approximate surface area is 175 Å². The van der Waals surface area contributed by atoms with Crippen molar-refractivity contribution in [1.82, 2.24) is 20.1 Å². The number of fused-ring (bicyclic) bond motifs is 1. The van der Waals surface area contributed by atoms with Crippen LogP contribution in [-0.4, -0.2) is 20.7 Å². The Balaban J connectivity index is 1.62. The van der Waals surface area contributed by atoms with Crippen LogP contribution < -0.4 is 5.32 Å². The summed E-state index contributed by atoms with van der Waals surface area (Å²) in [7, 11) is 0. The molecular weight excluding hydrogens is 372 g/mol. The summed E-state index contributed by atoms with van der Waals surface area (Å²) in [5, 5.41) is 8.92. The fourth-order valence-corrected chi connectivity index (χ4v) is 3.82. The zero-order valence-electron chi connectivity index (χ0n) is 17.0. The number of rotatable bonds is 6. The van der Waals surface area contributed by atoms with E-state index in [2.05, 4.69) is 12.2 Å². The number of nitrogens with one attached hydrogen (secondary N) is 1. The van der Waals surface area contributed by atoms with Gasteiger partial charge in [0.15, 0.2) is 5.65 Å². The predicted octanol–water partition coefficient (Wildman–Crippen LogP) is 4.79. The average Bonchev–Trinajstić information content (AvgIpc) is 3.58. The lowest BCUT2D eigenvalue weighted by atomic mass is 10.1. The number of amides is 1. The van der Waals surface area contributed by atoms with Crippen LogP contribution in [0.5, 0.6) is 0 Å². The Hall–Kier alpha value is -3.47. The molecule has 2 heterocycles. The van der Waals surface area contributed by atoms with Crippen LogP contribution in [0.2, 0.25) is 0 Å². The van der Waals surface area contributed by atoms with E-state index >= 15 is 0 Å². The largest absolute Gasteiger partial charge is 0.348 e. The number of aromatic nitrogens is 3. The highest BCUT2D eigenvalue weighted by Crippen LogP contribution is 2.43. The predicted molar refractivity (Wildman–Crippen MR) is 118 cm³/mol. The van der Waals surface area contributed by atoms with Gasteiger partial charge in [0.1, 0.15) is 0 Å². The van der Waals surface area contributed by atoms with Gasteiger partial charge in [-0.05, 0) is 43.0 Å². The van der Waals surface area contributed by atoms with Crippen LogP contribution in [0.3, 0.4) is 0 Å². The second-order valence-electron chi connectivity index (χ2n) is 7.79. The third kappa shape index (κ3) is 3.47. The number of para-hydroxylation sites is 1. The number of carbonyl (C=O) groups is 1. The molecule has 5 rings (SSSR count). The molecule has 1 saturated carbocycles. The van der Waals surface area contributed by atoms with Crippen molar-refractivity contribution >= 4 is 16.9 Å². The lowest BCUT2D eigenvalue weighted by molar-refractivity contribution is 0.0952. The topological polar surface area (TPSA) is 59.8 Å². The molecule has 2 aromatic heterocycles. The molecule has 1 N–H and O–H groups in total. The van der Waals surface area contributed by atoms with Crippen LogP contribution in [-0.2, 0) is 13.0 Å². The van der Waals surface area contributed by atoms with Gasteiger partial charge in [-0.25, -0.2) is 9.67 Å². The number of pyridine rings is 1. The molecule has 0 bridgehead atoms. The highest BCUT2D eigenvalue weighted by atomic mass is 16.1. The highest BCUT2D eigenvalue weighted by Gasteiger charge is 2.32. The molecule has 30 heavy (non-hydrogen) atoms. The van der Waals surface area contributed by atoms with Gasteiger partial charge in [-0.15, -0.1) is 0 Å². The molecule has 150 valence electrons. The van der Waals surface area contributed by atoms with Gasteiger partial charge in [0, 0.05) is 18.2 Å². The van der Waals surface area contributed by atoms with Gasteiger partial charge < -0.3 is 5.32 Å². The van der Waals surface area contributed by atoms with Gasteiger partial charge in [-0.3, -0.25) is 4.79 Å². The third-order valence-corrected chi connectivity index (χ3v) is 5.59. The minimum absolute atomic E-state index is 0.0736. The van der Waals surface area contributed by atoms with E-state index in [0.717, 1.165) is 52.9 Å². The zero-order chi connectivity index (χ0) is 20.5. The van der Waals surface area contributed by atoms with E-state index in [-0.39, 0.29) is 5.91 Å². The SMILES string of the molecule is CCc1cc(C(=O)NCc2ccccc2)c2c(C3CC3)nn(-c3ccccc3)c2n1. The van der Waals surface area contributed by atoms with Gasteiger partial charge in [0.2, 0.25) is 0 Å². The number of carbonyl (C=O) groups excluding carboxylic acids is 1. The summed E-state index contributed by atoms with van der Waals surface area (Å²) in [6.45, 7) is 2.56. The average molecular weight is 396 g/mol. The van der Waals surface area contributed by atoms with E-state index in [1.54, 1.807) is 0 Å². The second-order valence-corrected chi connectivity index (χ2v) is 7.79. The summed E-state index contributed by atoms with van der Waals surface area (Å²) < 4.78 is 1.90. The first-order chi connectivity index (χ1) is 14.7. The Morgan fingerprint density at radius 1 is 1.07 bits per heavy atom. The molecule has 5 heteroatoms.